The molecule has 7 nitrogen and oxygen atoms in total. The van der Waals surface area contributed by atoms with Crippen molar-refractivity contribution in [3.05, 3.63) is 65.9 Å². The second kappa shape index (κ2) is 8.05. The van der Waals surface area contributed by atoms with Crippen molar-refractivity contribution in [1.82, 2.24) is 14.8 Å². The Balaban J connectivity index is 1.34. The van der Waals surface area contributed by atoms with Crippen molar-refractivity contribution < 1.29 is 18.0 Å². The third-order valence-electron chi connectivity index (χ3n) is 5.76. The van der Waals surface area contributed by atoms with E-state index < -0.39 is 17.8 Å². The number of nitrogens with two attached hydrogens (primary N) is 1. The Labute approximate surface area is 192 Å². The number of aromatic nitrogens is 3. The average molecular weight is 466 g/mol. The lowest BCUT2D eigenvalue weighted by Crippen LogP contribution is -2.19. The van der Waals surface area contributed by atoms with Gasteiger partial charge in [-0.1, -0.05) is 12.1 Å². The van der Waals surface area contributed by atoms with E-state index in [0.29, 0.717) is 17.4 Å². The average Bonchev–Trinajstić information content (AvgIpc) is 3.60. The quantitative estimate of drug-likeness (QED) is 0.356. The SMILES string of the molecule is Cn1nc(N)c2c(-c3ccc(NC(=O)Nc4ccc(C(F)(F)F)cc4)cc3)cc(C3CC3)nc21. The van der Waals surface area contributed by atoms with Crippen LogP contribution in [0.4, 0.5) is 35.2 Å². The topological polar surface area (TPSA) is 97.9 Å². The Morgan fingerprint density at radius 3 is 2.18 bits per heavy atom. The number of carbonyl (C=O) groups excluding carboxylic acids is 1. The first-order chi connectivity index (χ1) is 16.2. The number of hydrogen-bond donors (Lipinski definition) is 3. The number of benzene rings is 2. The van der Waals surface area contributed by atoms with E-state index in [1.54, 1.807) is 16.8 Å². The fourth-order valence-electron chi connectivity index (χ4n) is 3.88. The van der Waals surface area contributed by atoms with Crippen molar-refractivity contribution in [1.29, 1.82) is 0 Å². The van der Waals surface area contributed by atoms with Crippen molar-refractivity contribution in [2.24, 2.45) is 7.05 Å². The van der Waals surface area contributed by atoms with Gasteiger partial charge in [0.25, 0.3) is 0 Å². The van der Waals surface area contributed by atoms with Gasteiger partial charge in [0.15, 0.2) is 11.5 Å². The van der Waals surface area contributed by atoms with Crippen LogP contribution < -0.4 is 16.4 Å². The predicted octanol–water partition coefficient (Wildman–Crippen LogP) is 5.76. The minimum atomic E-state index is -4.43. The van der Waals surface area contributed by atoms with Crippen molar-refractivity contribution >= 4 is 34.3 Å². The summed E-state index contributed by atoms with van der Waals surface area (Å²) in [4.78, 5) is 17.0. The first-order valence-electron chi connectivity index (χ1n) is 10.7. The Morgan fingerprint density at radius 1 is 1.03 bits per heavy atom. The highest BCUT2D eigenvalue weighted by atomic mass is 19.4. The summed E-state index contributed by atoms with van der Waals surface area (Å²) in [5.74, 6) is 0.856. The molecule has 2 amide bonds. The normalized spacial score (nSPS) is 13.8. The minimum Gasteiger partial charge on any atom is -0.382 e. The summed E-state index contributed by atoms with van der Waals surface area (Å²) in [7, 11) is 1.81. The number of alkyl halides is 3. The third kappa shape index (κ3) is 4.26. The number of hydrogen-bond acceptors (Lipinski definition) is 4. The fraction of sp³-hybridized carbons (Fsp3) is 0.208. The molecule has 0 spiro atoms. The number of urea groups is 1. The number of rotatable bonds is 4. The molecule has 0 unspecified atom stereocenters. The van der Waals surface area contributed by atoms with Gasteiger partial charge in [0.05, 0.1) is 10.9 Å². The number of halogens is 3. The molecule has 4 aromatic rings. The van der Waals surface area contributed by atoms with Crippen molar-refractivity contribution in [2.75, 3.05) is 16.4 Å². The molecule has 174 valence electrons. The Kier molecular flexibility index (Phi) is 5.15. The number of carbonyl (C=O) groups is 1. The summed E-state index contributed by atoms with van der Waals surface area (Å²) in [6.45, 7) is 0. The number of amides is 2. The molecule has 1 aliphatic rings. The molecule has 34 heavy (non-hydrogen) atoms. The summed E-state index contributed by atoms with van der Waals surface area (Å²) >= 11 is 0. The molecule has 0 atom stereocenters. The molecule has 1 saturated carbocycles. The number of anilines is 3. The largest absolute Gasteiger partial charge is 0.416 e. The summed E-state index contributed by atoms with van der Waals surface area (Å²) in [6.07, 6.45) is -2.20. The van der Waals surface area contributed by atoms with Gasteiger partial charge in [-0.2, -0.15) is 18.3 Å². The van der Waals surface area contributed by atoms with E-state index in [1.807, 2.05) is 19.2 Å². The first-order valence-corrected chi connectivity index (χ1v) is 10.7. The van der Waals surface area contributed by atoms with Crippen molar-refractivity contribution in [2.45, 2.75) is 24.9 Å². The van der Waals surface area contributed by atoms with E-state index in [0.717, 1.165) is 52.8 Å². The number of nitrogens with zero attached hydrogens (tertiary/aromatic N) is 3. The maximum atomic E-state index is 12.7. The van der Waals surface area contributed by atoms with Crippen LogP contribution in [-0.4, -0.2) is 20.8 Å². The van der Waals surface area contributed by atoms with Crippen LogP contribution in [0.15, 0.2) is 54.6 Å². The lowest BCUT2D eigenvalue weighted by molar-refractivity contribution is -0.137. The molecule has 1 aliphatic carbocycles. The van der Waals surface area contributed by atoms with Crippen LogP contribution in [0.2, 0.25) is 0 Å². The van der Waals surface area contributed by atoms with Gasteiger partial charge < -0.3 is 16.4 Å². The molecule has 0 bridgehead atoms. The highest BCUT2D eigenvalue weighted by Crippen LogP contribution is 2.42. The molecule has 2 aromatic heterocycles. The molecule has 0 radical (unpaired) electrons. The van der Waals surface area contributed by atoms with Gasteiger partial charge in [0.1, 0.15) is 0 Å². The molecular weight excluding hydrogens is 445 g/mol. The third-order valence-corrected chi connectivity index (χ3v) is 5.76. The Bertz CT molecular complexity index is 1370. The van der Waals surface area contributed by atoms with E-state index in [4.69, 9.17) is 10.7 Å². The zero-order valence-corrected chi connectivity index (χ0v) is 18.1. The van der Waals surface area contributed by atoms with Crippen LogP contribution in [0.1, 0.15) is 30.0 Å². The highest BCUT2D eigenvalue weighted by molar-refractivity contribution is 6.02. The molecule has 0 aliphatic heterocycles. The first kappa shape index (κ1) is 21.7. The number of nitrogen functional groups attached to an aromatic ring is 1. The van der Waals surface area contributed by atoms with Gasteiger partial charge in [0, 0.05) is 30.0 Å². The Morgan fingerprint density at radius 2 is 1.62 bits per heavy atom. The maximum Gasteiger partial charge on any atom is 0.416 e. The monoisotopic (exact) mass is 466 g/mol. The summed E-state index contributed by atoms with van der Waals surface area (Å²) in [6, 6.07) is 13.0. The highest BCUT2D eigenvalue weighted by Gasteiger charge is 2.30. The summed E-state index contributed by atoms with van der Waals surface area (Å²) < 4.78 is 39.7. The van der Waals surface area contributed by atoms with Crippen LogP contribution in [-0.2, 0) is 13.2 Å². The zero-order valence-electron chi connectivity index (χ0n) is 18.1. The van der Waals surface area contributed by atoms with E-state index in [1.165, 1.54) is 12.1 Å². The van der Waals surface area contributed by atoms with Crippen LogP contribution >= 0.6 is 0 Å². The molecule has 0 saturated heterocycles. The second-order valence-electron chi connectivity index (χ2n) is 8.31. The van der Waals surface area contributed by atoms with Crippen LogP contribution in [0.3, 0.4) is 0 Å². The summed E-state index contributed by atoms with van der Waals surface area (Å²) in [5.41, 5.74) is 9.74. The van der Waals surface area contributed by atoms with Gasteiger partial charge in [-0.15, -0.1) is 0 Å². The summed E-state index contributed by atoms with van der Waals surface area (Å²) in [5, 5.41) is 10.3. The van der Waals surface area contributed by atoms with Crippen LogP contribution in [0.25, 0.3) is 22.2 Å². The molecule has 1 fully saturated rings. The zero-order chi connectivity index (χ0) is 24.0. The van der Waals surface area contributed by atoms with Crippen molar-refractivity contribution in [3.63, 3.8) is 0 Å². The van der Waals surface area contributed by atoms with Crippen molar-refractivity contribution in [3.8, 4) is 11.1 Å². The predicted molar refractivity (Wildman–Crippen MR) is 124 cm³/mol. The van der Waals surface area contributed by atoms with E-state index >= 15 is 0 Å². The fourth-order valence-corrected chi connectivity index (χ4v) is 3.88. The van der Waals surface area contributed by atoms with E-state index in [9.17, 15) is 18.0 Å². The molecular formula is C24H21F3N6O. The smallest absolute Gasteiger partial charge is 0.382 e. The van der Waals surface area contributed by atoms with Gasteiger partial charge in [-0.05, 0) is 66.4 Å². The van der Waals surface area contributed by atoms with E-state index in [2.05, 4.69) is 21.8 Å². The number of pyridine rings is 1. The minimum absolute atomic E-state index is 0.251. The molecule has 2 aromatic carbocycles. The molecule has 4 N–H and O–H groups in total. The number of nitrogens with one attached hydrogen (secondary N) is 2. The Hall–Kier alpha value is -4.08. The van der Waals surface area contributed by atoms with Gasteiger partial charge >= 0.3 is 12.2 Å². The van der Waals surface area contributed by atoms with E-state index in [-0.39, 0.29) is 5.69 Å². The maximum absolute atomic E-state index is 12.7. The second-order valence-corrected chi connectivity index (χ2v) is 8.31. The van der Waals surface area contributed by atoms with Crippen LogP contribution in [0, 0.1) is 0 Å². The van der Waals surface area contributed by atoms with Gasteiger partial charge in [-0.3, -0.25) is 0 Å². The van der Waals surface area contributed by atoms with Crippen LogP contribution in [0.5, 0.6) is 0 Å². The van der Waals surface area contributed by atoms with Gasteiger partial charge in [0.2, 0.25) is 0 Å². The lowest BCUT2D eigenvalue weighted by atomic mass is 10.0. The lowest BCUT2D eigenvalue weighted by Gasteiger charge is -2.11. The molecule has 2 heterocycles. The molecule has 5 rings (SSSR count). The number of aryl methyl sites for hydroxylation is 1. The van der Waals surface area contributed by atoms with Gasteiger partial charge in [-0.25, -0.2) is 14.5 Å². The standard InChI is InChI=1S/C24H21F3N6O/c1-33-22-20(21(28)32-33)18(12-19(31-22)14-2-3-14)13-4-8-16(9-5-13)29-23(34)30-17-10-6-15(7-11-17)24(25,26)27/h4-12,14H,2-3H2,1H3,(H2,28,32)(H2,29,30,34). The molecule has 10 heteroatoms. The number of fused-ring (bicyclic) bond motifs is 1.